The molecule has 0 saturated carbocycles. The van der Waals surface area contributed by atoms with Crippen molar-refractivity contribution in [3.05, 3.63) is 106 Å². The Hall–Kier alpha value is -3.33. The number of hydrogen-bond donors (Lipinski definition) is 0. The molecule has 0 aromatic heterocycles. The number of hydrogen-bond acceptors (Lipinski definition) is 3. The lowest BCUT2D eigenvalue weighted by atomic mass is 9.91. The summed E-state index contributed by atoms with van der Waals surface area (Å²) in [6, 6.07) is 23.8. The molecule has 0 aliphatic rings. The second-order valence-corrected chi connectivity index (χ2v) is 12.9. The van der Waals surface area contributed by atoms with Crippen molar-refractivity contribution in [3.8, 4) is 0 Å². The first-order valence-corrected chi connectivity index (χ1v) is 15.5. The Morgan fingerprint density at radius 1 is 0.422 bits per heavy atom. The fourth-order valence-corrected chi connectivity index (χ4v) is 4.29. The predicted octanol–water partition coefficient (Wildman–Crippen LogP) is 12.9. The molecule has 0 N–H and O–H groups in total. The molecule has 3 nitrogen and oxygen atoms in total. The molecule has 0 amide bonds. The Labute approximate surface area is 278 Å². The molecule has 45 heavy (non-hydrogen) atoms. The van der Waals surface area contributed by atoms with Gasteiger partial charge in [-0.2, -0.15) is 0 Å². The minimum atomic E-state index is 0. The van der Waals surface area contributed by atoms with Crippen LogP contribution in [0, 0.1) is 17.8 Å². The third kappa shape index (κ3) is 15.0. The number of Topliss-reactive ketones (excluding diaryl/α,β-unsaturated/α-hetero) is 3. The van der Waals surface area contributed by atoms with Crippen LogP contribution in [0.4, 0.5) is 0 Å². The molecule has 0 aliphatic heterocycles. The lowest BCUT2D eigenvalue weighted by molar-refractivity contribution is 0.0931. The fourth-order valence-electron chi connectivity index (χ4n) is 4.29. The lowest BCUT2D eigenvalue weighted by Gasteiger charge is -2.12. The maximum Gasteiger partial charge on any atom is 0.165 e. The molecule has 3 aromatic carbocycles. The molecule has 3 rings (SSSR count). The van der Waals surface area contributed by atoms with Crippen molar-refractivity contribution in [1.29, 1.82) is 0 Å². The van der Waals surface area contributed by atoms with Gasteiger partial charge in [-0.05, 0) is 40.5 Å². The van der Waals surface area contributed by atoms with E-state index < -0.39 is 0 Å². The van der Waals surface area contributed by atoms with Crippen LogP contribution < -0.4 is 0 Å². The average molecular weight is 619 g/mol. The van der Waals surface area contributed by atoms with Crippen LogP contribution in [0.25, 0.3) is 0 Å². The Kier molecular flexibility index (Phi) is 22.8. The van der Waals surface area contributed by atoms with Crippen LogP contribution in [0.3, 0.4) is 0 Å². The molecule has 0 bridgehead atoms. The summed E-state index contributed by atoms with van der Waals surface area (Å²) >= 11 is 0. The first-order valence-electron chi connectivity index (χ1n) is 15.5. The average Bonchev–Trinajstić information content (AvgIpc) is 2.96. The van der Waals surface area contributed by atoms with Crippen LogP contribution in [-0.2, 0) is 0 Å². The zero-order valence-electron chi connectivity index (χ0n) is 28.1. The molecule has 0 heterocycles. The molecule has 0 fully saturated rings. The van der Waals surface area contributed by atoms with Gasteiger partial charge >= 0.3 is 0 Å². The second-order valence-electron chi connectivity index (χ2n) is 12.9. The van der Waals surface area contributed by atoms with Gasteiger partial charge in [-0.15, -0.1) is 0 Å². The van der Waals surface area contributed by atoms with Crippen LogP contribution in [0.2, 0.25) is 0 Å². The number of ketones is 3. The molecule has 3 heteroatoms. The van der Waals surface area contributed by atoms with Gasteiger partial charge in [0.05, 0.1) is 0 Å². The van der Waals surface area contributed by atoms with Crippen molar-refractivity contribution in [2.45, 2.75) is 123 Å². The van der Waals surface area contributed by atoms with E-state index in [2.05, 4.69) is 47.6 Å². The second kappa shape index (κ2) is 22.2. The summed E-state index contributed by atoms with van der Waals surface area (Å²) in [6.45, 7) is 24.4. The first-order chi connectivity index (χ1) is 19.6. The molecule has 0 atom stereocenters. The summed E-state index contributed by atoms with van der Waals surface area (Å²) in [5.74, 6) is 2.36. The highest BCUT2D eigenvalue weighted by Gasteiger charge is 2.15. The van der Waals surface area contributed by atoms with E-state index in [1.807, 2.05) is 108 Å². The smallest absolute Gasteiger partial charge is 0.165 e. The SMILES string of the molecule is C.C.C.CC(C)C(=O)c1ccc(C(C)C)cc1.CC(C)C(=O)c1cccc(C(C)C)c1.CC(C)C(=O)c1ccccc1C(C)C. The maximum atomic E-state index is 11.9. The highest BCUT2D eigenvalue weighted by molar-refractivity contribution is 5.99. The number of benzene rings is 3. The highest BCUT2D eigenvalue weighted by atomic mass is 16.1. The topological polar surface area (TPSA) is 51.2 Å². The fraction of sp³-hybridized carbons (Fsp3) is 0.500. The van der Waals surface area contributed by atoms with Crippen molar-refractivity contribution < 1.29 is 14.4 Å². The molecule has 0 radical (unpaired) electrons. The summed E-state index contributed by atoms with van der Waals surface area (Å²) in [6.07, 6.45) is 0. The molecule has 0 aliphatic carbocycles. The number of carbonyl (C=O) groups excluding carboxylic acids is 3. The van der Waals surface area contributed by atoms with Crippen LogP contribution in [0.5, 0.6) is 0 Å². The van der Waals surface area contributed by atoms with Crippen molar-refractivity contribution in [3.63, 3.8) is 0 Å². The molecule has 0 unspecified atom stereocenters. The van der Waals surface area contributed by atoms with Crippen molar-refractivity contribution in [1.82, 2.24) is 0 Å². The molecule has 0 spiro atoms. The van der Waals surface area contributed by atoms with Gasteiger partial charge in [0.1, 0.15) is 0 Å². The van der Waals surface area contributed by atoms with Crippen molar-refractivity contribution in [2.24, 2.45) is 17.8 Å². The minimum absolute atomic E-state index is 0. The first kappa shape index (κ1) is 46.1. The van der Waals surface area contributed by atoms with Gasteiger partial charge in [-0.1, -0.05) is 172 Å². The van der Waals surface area contributed by atoms with Gasteiger partial charge in [0.25, 0.3) is 0 Å². The van der Waals surface area contributed by atoms with Crippen molar-refractivity contribution >= 4 is 17.3 Å². The van der Waals surface area contributed by atoms with Crippen LogP contribution >= 0.6 is 0 Å². The summed E-state index contributed by atoms with van der Waals surface area (Å²) < 4.78 is 0. The van der Waals surface area contributed by atoms with Crippen molar-refractivity contribution in [2.75, 3.05) is 0 Å². The maximum absolute atomic E-state index is 11.9. The highest BCUT2D eigenvalue weighted by Crippen LogP contribution is 2.22. The normalized spacial score (nSPS) is 10.3. The van der Waals surface area contributed by atoms with E-state index in [9.17, 15) is 14.4 Å². The molecule has 252 valence electrons. The summed E-state index contributed by atoms with van der Waals surface area (Å²) in [7, 11) is 0. The van der Waals surface area contributed by atoms with Gasteiger partial charge in [0, 0.05) is 34.4 Å². The largest absolute Gasteiger partial charge is 0.294 e. The lowest BCUT2D eigenvalue weighted by Crippen LogP contribution is -2.10. The third-order valence-electron chi connectivity index (χ3n) is 7.12. The van der Waals surface area contributed by atoms with E-state index in [1.165, 1.54) is 11.1 Å². The summed E-state index contributed by atoms with van der Waals surface area (Å²) in [5.41, 5.74) is 6.22. The van der Waals surface area contributed by atoms with Crippen LogP contribution in [0.15, 0.2) is 72.8 Å². The zero-order chi connectivity index (χ0) is 32.1. The Balaban J connectivity index is -0.000000569. The van der Waals surface area contributed by atoms with E-state index in [1.54, 1.807) is 0 Å². The van der Waals surface area contributed by atoms with Gasteiger partial charge in [0.15, 0.2) is 17.3 Å². The number of rotatable bonds is 9. The minimum Gasteiger partial charge on any atom is -0.294 e. The van der Waals surface area contributed by atoms with E-state index in [-0.39, 0.29) is 57.4 Å². The predicted molar refractivity (Wildman–Crippen MR) is 199 cm³/mol. The number of carbonyl (C=O) groups is 3. The van der Waals surface area contributed by atoms with Gasteiger partial charge in [0.2, 0.25) is 0 Å². The van der Waals surface area contributed by atoms with E-state index in [4.69, 9.17) is 0 Å². The van der Waals surface area contributed by atoms with Gasteiger partial charge in [-0.3, -0.25) is 14.4 Å². The third-order valence-corrected chi connectivity index (χ3v) is 7.12. The Bertz CT molecular complexity index is 1280. The van der Waals surface area contributed by atoms with E-state index >= 15 is 0 Å². The summed E-state index contributed by atoms with van der Waals surface area (Å²) in [4.78, 5) is 35.2. The Morgan fingerprint density at radius 3 is 1.29 bits per heavy atom. The quantitative estimate of drug-likeness (QED) is 0.224. The molecule has 0 saturated heterocycles. The Morgan fingerprint density at radius 2 is 0.867 bits per heavy atom. The zero-order valence-corrected chi connectivity index (χ0v) is 28.1. The van der Waals surface area contributed by atoms with Gasteiger partial charge in [-0.25, -0.2) is 0 Å². The molecular weight excluding hydrogens is 552 g/mol. The van der Waals surface area contributed by atoms with Crippen LogP contribution in [0.1, 0.15) is 171 Å². The summed E-state index contributed by atoms with van der Waals surface area (Å²) in [5, 5.41) is 0. The van der Waals surface area contributed by atoms with E-state index in [0.29, 0.717) is 17.8 Å². The monoisotopic (exact) mass is 619 g/mol. The van der Waals surface area contributed by atoms with E-state index in [0.717, 1.165) is 22.3 Å². The molecular formula is C42H66O3. The van der Waals surface area contributed by atoms with Crippen LogP contribution in [-0.4, -0.2) is 17.3 Å². The van der Waals surface area contributed by atoms with Gasteiger partial charge < -0.3 is 0 Å². The standard InChI is InChI=1S/3C13H18O.3CH4/c1-9(2)11-5-7-12(8-6-11)13(14)10(3)4;1-9(2)11-6-5-7-12(8-11)13(14)10(3)4;1-9(2)11-7-5-6-8-12(11)13(14)10(3)4;;;/h3*5-10H,1-4H3;3*1H4. The molecule has 3 aromatic rings.